The van der Waals surface area contributed by atoms with Crippen molar-refractivity contribution in [3.05, 3.63) is 33.8 Å². The molecule has 1 aromatic carbocycles. The summed E-state index contributed by atoms with van der Waals surface area (Å²) < 4.78 is 0. The zero-order chi connectivity index (χ0) is 11.2. The number of rotatable bonds is 1. The summed E-state index contributed by atoms with van der Waals surface area (Å²) in [5.41, 5.74) is 2.97. The summed E-state index contributed by atoms with van der Waals surface area (Å²) >= 11 is 6.15. The maximum atomic E-state index is 11.7. The Morgan fingerprint density at radius 1 is 1.40 bits per heavy atom. The molecule has 0 radical (unpaired) electrons. The molecule has 2 rings (SSSR count). The lowest BCUT2D eigenvalue weighted by Crippen LogP contribution is -2.17. The third kappa shape index (κ3) is 1.63. The van der Waals surface area contributed by atoms with Crippen molar-refractivity contribution < 1.29 is 4.79 Å². The van der Waals surface area contributed by atoms with Crippen LogP contribution in [-0.4, -0.2) is 17.9 Å². The first-order valence-electron chi connectivity index (χ1n) is 5.08. The molecule has 0 aromatic heterocycles. The standard InChI is InChI=1S/C12H14ClNO/c1-7(2)9-4-8-6-14(3)12(15)10(8)5-11(9)13/h4-5,7H,6H2,1-3H3. The average molecular weight is 224 g/mol. The molecule has 0 unspecified atom stereocenters. The van der Waals surface area contributed by atoms with Crippen molar-refractivity contribution in [3.8, 4) is 0 Å². The van der Waals surface area contributed by atoms with Gasteiger partial charge in [-0.1, -0.05) is 31.5 Å². The molecule has 3 heteroatoms. The molecule has 80 valence electrons. The van der Waals surface area contributed by atoms with Gasteiger partial charge in [-0.25, -0.2) is 0 Å². The summed E-state index contributed by atoms with van der Waals surface area (Å²) in [4.78, 5) is 13.4. The molecule has 0 N–H and O–H groups in total. The summed E-state index contributed by atoms with van der Waals surface area (Å²) in [6.45, 7) is 4.91. The molecular formula is C12H14ClNO. The van der Waals surface area contributed by atoms with Crippen LogP contribution in [0.4, 0.5) is 0 Å². The maximum absolute atomic E-state index is 11.7. The highest BCUT2D eigenvalue weighted by atomic mass is 35.5. The second-order valence-corrected chi connectivity index (χ2v) is 4.75. The van der Waals surface area contributed by atoms with E-state index in [1.54, 1.807) is 11.0 Å². The van der Waals surface area contributed by atoms with Gasteiger partial charge in [-0.3, -0.25) is 4.79 Å². The van der Waals surface area contributed by atoms with Gasteiger partial charge >= 0.3 is 0 Å². The van der Waals surface area contributed by atoms with Crippen LogP contribution < -0.4 is 0 Å². The van der Waals surface area contributed by atoms with Crippen LogP contribution in [-0.2, 0) is 6.54 Å². The Hall–Kier alpha value is -1.02. The predicted molar refractivity (Wildman–Crippen MR) is 61.3 cm³/mol. The largest absolute Gasteiger partial charge is 0.337 e. The highest BCUT2D eigenvalue weighted by Crippen LogP contribution is 2.31. The van der Waals surface area contributed by atoms with E-state index in [0.29, 0.717) is 17.5 Å². The van der Waals surface area contributed by atoms with E-state index in [-0.39, 0.29) is 5.91 Å². The number of hydrogen-bond donors (Lipinski definition) is 0. The highest BCUT2D eigenvalue weighted by molar-refractivity contribution is 6.32. The molecule has 0 atom stereocenters. The normalized spacial score (nSPS) is 15.0. The van der Waals surface area contributed by atoms with Crippen LogP contribution >= 0.6 is 11.6 Å². The maximum Gasteiger partial charge on any atom is 0.254 e. The van der Waals surface area contributed by atoms with Gasteiger partial charge in [0.15, 0.2) is 0 Å². The Bertz CT molecular complexity index is 426. The van der Waals surface area contributed by atoms with Gasteiger partial charge in [0.05, 0.1) is 0 Å². The number of halogens is 1. The van der Waals surface area contributed by atoms with E-state index < -0.39 is 0 Å². The predicted octanol–water partition coefficient (Wildman–Crippen LogP) is 3.05. The van der Waals surface area contributed by atoms with E-state index in [4.69, 9.17) is 11.6 Å². The molecular weight excluding hydrogens is 210 g/mol. The second kappa shape index (κ2) is 3.53. The Morgan fingerprint density at radius 2 is 2.07 bits per heavy atom. The first kappa shape index (κ1) is 10.5. The van der Waals surface area contributed by atoms with E-state index in [1.807, 2.05) is 7.05 Å². The van der Waals surface area contributed by atoms with Crippen molar-refractivity contribution >= 4 is 17.5 Å². The van der Waals surface area contributed by atoms with Gasteiger partial charge < -0.3 is 4.90 Å². The molecule has 0 saturated carbocycles. The third-order valence-corrected chi connectivity index (χ3v) is 3.16. The third-order valence-electron chi connectivity index (χ3n) is 2.83. The summed E-state index contributed by atoms with van der Waals surface area (Å²) in [5.74, 6) is 0.464. The van der Waals surface area contributed by atoms with Crippen molar-refractivity contribution in [2.75, 3.05) is 7.05 Å². The van der Waals surface area contributed by atoms with E-state index >= 15 is 0 Å². The number of benzene rings is 1. The first-order valence-corrected chi connectivity index (χ1v) is 5.46. The summed E-state index contributed by atoms with van der Waals surface area (Å²) in [5, 5.41) is 0.701. The second-order valence-electron chi connectivity index (χ2n) is 4.35. The van der Waals surface area contributed by atoms with Gasteiger partial charge in [0.1, 0.15) is 0 Å². The summed E-state index contributed by atoms with van der Waals surface area (Å²) in [6, 6.07) is 3.86. The van der Waals surface area contributed by atoms with E-state index in [9.17, 15) is 4.79 Å². The number of nitrogens with zero attached hydrogens (tertiary/aromatic N) is 1. The number of amides is 1. The lowest BCUT2D eigenvalue weighted by Gasteiger charge is -2.09. The van der Waals surface area contributed by atoms with Gasteiger partial charge in [-0.2, -0.15) is 0 Å². The Morgan fingerprint density at radius 3 is 2.67 bits per heavy atom. The minimum Gasteiger partial charge on any atom is -0.337 e. The molecule has 1 heterocycles. The highest BCUT2D eigenvalue weighted by Gasteiger charge is 2.25. The lowest BCUT2D eigenvalue weighted by atomic mass is 9.98. The lowest BCUT2D eigenvalue weighted by molar-refractivity contribution is 0.0816. The van der Waals surface area contributed by atoms with Gasteiger partial charge in [0.25, 0.3) is 5.91 Å². The van der Waals surface area contributed by atoms with E-state index in [0.717, 1.165) is 16.7 Å². The van der Waals surface area contributed by atoms with Crippen molar-refractivity contribution in [3.63, 3.8) is 0 Å². The molecule has 2 nitrogen and oxygen atoms in total. The van der Waals surface area contributed by atoms with Crippen LogP contribution in [0.5, 0.6) is 0 Å². The van der Waals surface area contributed by atoms with Crippen LogP contribution in [0.3, 0.4) is 0 Å². The fraction of sp³-hybridized carbons (Fsp3) is 0.417. The Kier molecular flexibility index (Phi) is 2.47. The van der Waals surface area contributed by atoms with Crippen LogP contribution in [0, 0.1) is 0 Å². The Labute approximate surface area is 94.8 Å². The van der Waals surface area contributed by atoms with Crippen LogP contribution in [0.1, 0.15) is 41.3 Å². The number of fused-ring (bicyclic) bond motifs is 1. The van der Waals surface area contributed by atoms with E-state index in [2.05, 4.69) is 19.9 Å². The molecule has 0 fully saturated rings. The average Bonchev–Trinajstić information content (AvgIpc) is 2.43. The Balaban J connectivity index is 2.54. The number of hydrogen-bond acceptors (Lipinski definition) is 1. The molecule has 0 saturated heterocycles. The van der Waals surface area contributed by atoms with Gasteiger partial charge in [-0.05, 0) is 23.1 Å². The van der Waals surface area contributed by atoms with Crippen LogP contribution in [0.25, 0.3) is 0 Å². The van der Waals surface area contributed by atoms with Crippen molar-refractivity contribution in [1.29, 1.82) is 0 Å². The van der Waals surface area contributed by atoms with Crippen LogP contribution in [0.2, 0.25) is 5.02 Å². The molecule has 1 aliphatic rings. The van der Waals surface area contributed by atoms with Gasteiger partial charge in [0.2, 0.25) is 0 Å². The van der Waals surface area contributed by atoms with Gasteiger partial charge in [0, 0.05) is 24.2 Å². The van der Waals surface area contributed by atoms with E-state index in [1.165, 1.54) is 0 Å². The summed E-state index contributed by atoms with van der Waals surface area (Å²) in [6.07, 6.45) is 0. The zero-order valence-corrected chi connectivity index (χ0v) is 9.93. The topological polar surface area (TPSA) is 20.3 Å². The monoisotopic (exact) mass is 223 g/mol. The molecule has 0 spiro atoms. The van der Waals surface area contributed by atoms with Crippen molar-refractivity contribution in [2.24, 2.45) is 0 Å². The van der Waals surface area contributed by atoms with Crippen LogP contribution in [0.15, 0.2) is 12.1 Å². The minimum atomic E-state index is 0.0715. The number of carbonyl (C=O) groups is 1. The number of carbonyl (C=O) groups excluding carboxylic acids is 1. The first-order chi connectivity index (χ1) is 7.00. The van der Waals surface area contributed by atoms with Crippen molar-refractivity contribution in [1.82, 2.24) is 4.90 Å². The molecule has 1 aromatic rings. The quantitative estimate of drug-likeness (QED) is 0.717. The fourth-order valence-corrected chi connectivity index (χ4v) is 2.32. The fourth-order valence-electron chi connectivity index (χ4n) is 1.94. The minimum absolute atomic E-state index is 0.0715. The molecule has 1 aliphatic heterocycles. The molecule has 0 aliphatic carbocycles. The molecule has 15 heavy (non-hydrogen) atoms. The molecule has 1 amide bonds. The summed E-state index contributed by atoms with van der Waals surface area (Å²) in [7, 11) is 1.81. The smallest absolute Gasteiger partial charge is 0.254 e. The SMILES string of the molecule is CC(C)c1cc2c(cc1Cl)C(=O)N(C)C2. The zero-order valence-electron chi connectivity index (χ0n) is 9.17. The molecule has 0 bridgehead atoms. The van der Waals surface area contributed by atoms with Crippen molar-refractivity contribution in [2.45, 2.75) is 26.3 Å². The van der Waals surface area contributed by atoms with Gasteiger partial charge in [-0.15, -0.1) is 0 Å².